The van der Waals surface area contributed by atoms with Crippen molar-refractivity contribution < 1.29 is 76.6 Å². The standard InChI is InChI=1S/C40H50FN3O10.C31H34ClN7O5S2/c1-24-21-29-30-8-3-25-22-27(45)9-11-37(25,2)40(30,41)32(46)23-31(29)39(24,51)35(49)42-14-16-52-17-18-53-19-20-54-28-6-4-26(5-7-28)44-15-13-38(36(44)50)12-10-33(47)43-34(38)48;1-17-18(2)46-29-26(17)27(20-4-6-21(32)7-5-20)34-22(28-38-37-19(3)39(28)29)14-24(41)33-10-11-43-12-13-44-15-25-36-31(16-45-25)9-8-23(40)35-30(31)42/h4-7,9,11,22,24,29-32,46,51H,3,8,10,12-21,23H2,1-2H3,(H,42,49)(H,43,47,48);4-7,22H,8-16H2,1-3H3,(H,33,41)(H,35,40,42)/t24-,29-,30+,31+,32+,37+,38-,39-,40+;22-,31-/m10/s1. The fourth-order valence-corrected chi connectivity index (χ4v) is 18.4. The number of aliphatic hydroxyl groups excluding tert-OH is 1. The molecule has 2 aromatic carbocycles. The predicted molar refractivity (Wildman–Crippen MR) is 369 cm³/mol. The molecule has 9 aliphatic rings. The van der Waals surface area contributed by atoms with Crippen LogP contribution in [0.2, 0.25) is 5.02 Å². The molecule has 4 aliphatic carbocycles. The molecule has 6 fully saturated rings. The summed E-state index contributed by atoms with van der Waals surface area (Å²) >= 11 is 9.34. The van der Waals surface area contributed by atoms with Crippen LogP contribution >= 0.6 is 34.7 Å². The molecule has 13 rings (SSSR count). The second kappa shape index (κ2) is 29.9. The van der Waals surface area contributed by atoms with Gasteiger partial charge < -0.3 is 49.4 Å². The third-order valence-corrected chi connectivity index (χ3v) is 24.1. The number of allylic oxidation sites excluding steroid dienone is 4. The SMILES string of the molecule is C[C@@H]1C[C@H]2[C@H](C[C@H](O)[C@@]3(F)[C@H]2CCC2=CC(=O)C=C[C@@]23C)[C@@]1(O)C(=O)NCCOCCOCCOc1ccc(N2CC[C@@]3(CCC(=O)NC3=O)C2=O)cc1.Cc1sc2c(c1C)C(c1ccc(Cl)cc1)=N[C@@H](CC(=O)NCCOCCOCC1=N[C@@]3(CCC(=O)NC3=O)CS1)c1nnc(C)n1-2. The van der Waals surface area contributed by atoms with Crippen molar-refractivity contribution in [1.82, 2.24) is 36.0 Å². The van der Waals surface area contributed by atoms with Crippen LogP contribution in [0.3, 0.4) is 0 Å². The average Bonchev–Trinajstić information content (AvgIpc) is 1.22. The van der Waals surface area contributed by atoms with Crippen molar-refractivity contribution in [3.63, 3.8) is 0 Å². The lowest BCUT2D eigenvalue weighted by Crippen LogP contribution is -2.66. The van der Waals surface area contributed by atoms with Crippen molar-refractivity contribution in [2.24, 2.45) is 44.5 Å². The van der Waals surface area contributed by atoms with E-state index in [4.69, 9.17) is 40.3 Å². The summed E-state index contributed by atoms with van der Waals surface area (Å²) in [4.78, 5) is 112. The number of carbonyl (C=O) groups excluding carboxylic acids is 8. The first-order valence-electron chi connectivity index (χ1n) is 34.1. The van der Waals surface area contributed by atoms with Gasteiger partial charge in [0.05, 0.1) is 76.1 Å². The Hall–Kier alpha value is -7.41. The van der Waals surface area contributed by atoms with Crippen LogP contribution in [0.5, 0.6) is 5.75 Å². The van der Waals surface area contributed by atoms with E-state index in [0.717, 1.165) is 38.3 Å². The van der Waals surface area contributed by atoms with E-state index in [0.29, 0.717) is 118 Å². The quantitative estimate of drug-likeness (QED) is 0.0282. The number of halogens is 2. The number of aryl methyl sites for hydroxylation is 2. The van der Waals surface area contributed by atoms with E-state index in [2.05, 4.69) is 50.3 Å². The van der Waals surface area contributed by atoms with E-state index in [1.165, 1.54) is 28.8 Å². The van der Waals surface area contributed by atoms with Crippen LogP contribution in [0, 0.1) is 55.3 Å². The number of aliphatic hydroxyl groups is 2. The first kappa shape index (κ1) is 72.4. The van der Waals surface area contributed by atoms with Gasteiger partial charge in [0.2, 0.25) is 29.5 Å². The monoisotopic (exact) mass is 1430 g/mol. The fourth-order valence-electron chi connectivity index (χ4n) is 15.9. The first-order valence-corrected chi connectivity index (χ1v) is 36.3. The molecule has 0 radical (unpaired) electrons. The van der Waals surface area contributed by atoms with Crippen molar-refractivity contribution in [2.75, 3.05) is 89.7 Å². The Morgan fingerprint density at radius 2 is 1.49 bits per heavy atom. The van der Waals surface area contributed by atoms with Crippen LogP contribution in [-0.2, 0) is 57.3 Å². The van der Waals surface area contributed by atoms with Crippen molar-refractivity contribution in [2.45, 2.75) is 128 Å². The summed E-state index contributed by atoms with van der Waals surface area (Å²) in [6.07, 6.45) is 5.99. The van der Waals surface area contributed by atoms with Crippen molar-refractivity contribution in [3.8, 4) is 10.8 Å². The van der Waals surface area contributed by atoms with E-state index in [1.807, 2.05) is 42.7 Å². The molecule has 0 bridgehead atoms. The zero-order valence-corrected chi connectivity index (χ0v) is 58.9. The predicted octanol–water partition coefficient (Wildman–Crippen LogP) is 5.99. The number of nitrogens with zero attached hydrogens (tertiary/aromatic N) is 6. The molecule has 11 atom stereocenters. The molecule has 6 N–H and O–H groups in total. The van der Waals surface area contributed by atoms with Gasteiger partial charge >= 0.3 is 0 Å². The van der Waals surface area contributed by atoms with E-state index in [1.54, 1.807) is 53.5 Å². The Morgan fingerprint density at radius 3 is 2.21 bits per heavy atom. The number of anilines is 1. The Morgan fingerprint density at radius 1 is 0.810 bits per heavy atom. The summed E-state index contributed by atoms with van der Waals surface area (Å²) in [5, 5.41) is 44.8. The maximum Gasteiger partial charge on any atom is 0.255 e. The zero-order valence-electron chi connectivity index (χ0n) is 56.5. The summed E-state index contributed by atoms with van der Waals surface area (Å²) in [7, 11) is 0. The number of aliphatic imine (C=N–C) groups is 2. The smallest absolute Gasteiger partial charge is 0.255 e. The van der Waals surface area contributed by atoms with Crippen LogP contribution in [0.25, 0.3) is 5.00 Å². The molecule has 534 valence electrons. The fraction of sp³-hybridized carbons (Fsp3) is 0.549. The molecule has 0 unspecified atom stereocenters. The van der Waals surface area contributed by atoms with Gasteiger partial charge in [-0.3, -0.25) is 63.5 Å². The van der Waals surface area contributed by atoms with Crippen LogP contribution in [0.15, 0.2) is 82.3 Å². The third-order valence-electron chi connectivity index (χ3n) is 21.5. The Balaban J connectivity index is 0.000000192. The summed E-state index contributed by atoms with van der Waals surface area (Å²) < 4.78 is 47.5. The number of aromatic nitrogens is 3. The molecule has 29 heteroatoms. The van der Waals surface area contributed by atoms with Crippen molar-refractivity contribution in [1.29, 1.82) is 0 Å². The normalized spacial score (nSPS) is 29.5. The van der Waals surface area contributed by atoms with Gasteiger partial charge in [-0.1, -0.05) is 42.3 Å². The van der Waals surface area contributed by atoms with E-state index >= 15 is 4.39 Å². The molecule has 2 aromatic heterocycles. The summed E-state index contributed by atoms with van der Waals surface area (Å²) in [5.41, 5.74) is -1.71. The highest BCUT2D eigenvalue weighted by Gasteiger charge is 2.72. The van der Waals surface area contributed by atoms with Gasteiger partial charge in [-0.15, -0.1) is 33.3 Å². The van der Waals surface area contributed by atoms with Gasteiger partial charge in [0, 0.05) is 82.2 Å². The second-order valence-corrected chi connectivity index (χ2v) is 30.0. The van der Waals surface area contributed by atoms with Crippen LogP contribution in [0.1, 0.15) is 117 Å². The number of ketones is 1. The number of piperidine rings is 2. The lowest BCUT2D eigenvalue weighted by atomic mass is 9.48. The van der Waals surface area contributed by atoms with Crippen LogP contribution in [-0.4, -0.2) is 191 Å². The van der Waals surface area contributed by atoms with Crippen molar-refractivity contribution in [3.05, 3.63) is 111 Å². The van der Waals surface area contributed by atoms with Crippen LogP contribution < -0.4 is 30.9 Å². The Kier molecular flexibility index (Phi) is 21.6. The summed E-state index contributed by atoms with van der Waals surface area (Å²) in [6.45, 7) is 13.1. The number of benzene rings is 2. The lowest BCUT2D eigenvalue weighted by molar-refractivity contribution is -0.191. The molecule has 4 aromatic rings. The second-order valence-electron chi connectivity index (χ2n) is 27.3. The number of fused-ring (bicyclic) bond motifs is 8. The number of ether oxygens (including phenoxy) is 5. The zero-order chi connectivity index (χ0) is 70.9. The van der Waals surface area contributed by atoms with Gasteiger partial charge in [-0.2, -0.15) is 0 Å². The largest absolute Gasteiger partial charge is 0.491 e. The van der Waals surface area contributed by atoms with Gasteiger partial charge in [0.15, 0.2) is 22.8 Å². The maximum absolute atomic E-state index is 17.2. The van der Waals surface area contributed by atoms with Gasteiger partial charge in [-0.05, 0) is 139 Å². The molecule has 25 nitrogen and oxygen atoms in total. The average molecular weight is 1440 g/mol. The molecule has 100 heavy (non-hydrogen) atoms. The molecular formula is C71H84ClFN10O15S2. The highest BCUT2D eigenvalue weighted by Crippen LogP contribution is 2.66. The number of amides is 7. The highest BCUT2D eigenvalue weighted by molar-refractivity contribution is 8.14. The van der Waals surface area contributed by atoms with Crippen molar-refractivity contribution >= 4 is 98.3 Å². The van der Waals surface area contributed by atoms with Crippen LogP contribution in [0.4, 0.5) is 10.1 Å². The Bertz CT molecular complexity index is 4000. The minimum absolute atomic E-state index is 0.0499. The molecule has 7 amide bonds. The minimum atomic E-state index is -2.01. The number of hydrogen-bond donors (Lipinski definition) is 6. The molecule has 7 heterocycles. The summed E-state index contributed by atoms with van der Waals surface area (Å²) in [5.74, 6) is -2.06. The van der Waals surface area contributed by atoms with E-state index in [9.17, 15) is 48.6 Å². The highest BCUT2D eigenvalue weighted by atomic mass is 35.5. The minimum Gasteiger partial charge on any atom is -0.491 e. The molecule has 5 aliphatic heterocycles. The number of thiophene rings is 1. The van der Waals surface area contributed by atoms with Gasteiger partial charge in [-0.25, -0.2) is 4.39 Å². The number of carbonyl (C=O) groups is 8. The third kappa shape index (κ3) is 13.9. The number of thioether (sulfide) groups is 1. The van der Waals surface area contributed by atoms with E-state index in [-0.39, 0.29) is 99.9 Å². The van der Waals surface area contributed by atoms with Gasteiger partial charge in [0.1, 0.15) is 40.2 Å². The molecular weight excluding hydrogens is 1350 g/mol. The number of nitrogens with one attached hydrogen (secondary N) is 4. The van der Waals surface area contributed by atoms with E-state index < -0.39 is 69.4 Å². The summed E-state index contributed by atoms with van der Waals surface area (Å²) in [6, 6.07) is 14.0. The number of alkyl halides is 1. The first-order chi connectivity index (χ1) is 47.9. The number of rotatable bonds is 23. The molecule has 3 saturated carbocycles. The molecule has 3 saturated heterocycles. The molecule has 2 spiro atoms. The topological polar surface area (TPSA) is 330 Å². The Labute approximate surface area is 591 Å². The number of imide groups is 2. The van der Waals surface area contributed by atoms with Gasteiger partial charge in [0.25, 0.3) is 11.8 Å². The maximum atomic E-state index is 17.2. The lowest BCUT2D eigenvalue weighted by Gasteiger charge is -2.59. The number of hydrogen-bond acceptors (Lipinski definition) is 21.